The molecule has 150 valence electrons. The highest BCUT2D eigenvalue weighted by Crippen LogP contribution is 2.27. The molecule has 0 atom stereocenters. The highest BCUT2D eigenvalue weighted by atomic mass is 35.5. The molecule has 0 saturated carbocycles. The molecule has 0 aliphatic heterocycles. The van der Waals surface area contributed by atoms with E-state index in [1.165, 1.54) is 6.20 Å². The number of carbonyl (C=O) groups is 1. The van der Waals surface area contributed by atoms with Gasteiger partial charge >= 0.3 is 6.18 Å². The van der Waals surface area contributed by atoms with E-state index in [0.717, 1.165) is 4.52 Å². The molecular weight excluding hydrogens is 399 g/mol. The first-order valence-corrected chi connectivity index (χ1v) is 7.96. The molecule has 8 nitrogen and oxygen atoms in total. The van der Waals surface area contributed by atoms with Gasteiger partial charge in [-0.15, -0.1) is 17.5 Å². The third-order valence-corrected chi connectivity index (χ3v) is 3.97. The molecule has 3 N–H and O–H groups in total. The summed E-state index contributed by atoms with van der Waals surface area (Å²) in [4.78, 5) is 23.5. The summed E-state index contributed by atoms with van der Waals surface area (Å²) in [7, 11) is 0. The monoisotopic (exact) mass is 415 g/mol. The topological polar surface area (TPSA) is 111 Å². The highest BCUT2D eigenvalue weighted by Gasteiger charge is 2.36. The minimum atomic E-state index is -4.65. The van der Waals surface area contributed by atoms with E-state index in [4.69, 9.17) is 5.73 Å². The number of hydrogen-bond donors (Lipinski definition) is 2. The van der Waals surface area contributed by atoms with Gasteiger partial charge in [-0.2, -0.15) is 18.2 Å². The Bertz CT molecular complexity index is 1000. The Kier molecular flexibility index (Phi) is 6.07. The van der Waals surface area contributed by atoms with E-state index in [9.17, 15) is 18.0 Å². The maximum atomic E-state index is 12.8. The van der Waals surface area contributed by atoms with Crippen LogP contribution in [0.2, 0.25) is 0 Å². The van der Waals surface area contributed by atoms with E-state index >= 15 is 0 Å². The van der Waals surface area contributed by atoms with Gasteiger partial charge < -0.3 is 11.1 Å². The third-order valence-electron chi connectivity index (χ3n) is 3.97. The van der Waals surface area contributed by atoms with Crippen molar-refractivity contribution in [3.63, 3.8) is 0 Å². The van der Waals surface area contributed by atoms with Crippen molar-refractivity contribution in [3.05, 3.63) is 41.1 Å². The number of hydrogen-bond acceptors (Lipinski definition) is 6. The second-order valence-corrected chi connectivity index (χ2v) is 5.93. The minimum absolute atomic E-state index is 0. The number of halogens is 4. The Labute approximate surface area is 163 Å². The van der Waals surface area contributed by atoms with E-state index in [1.54, 1.807) is 26.0 Å². The summed E-state index contributed by atoms with van der Waals surface area (Å²) >= 11 is 0. The first-order valence-electron chi connectivity index (χ1n) is 7.96. The van der Waals surface area contributed by atoms with Crippen molar-refractivity contribution in [1.82, 2.24) is 24.6 Å². The molecule has 0 aliphatic rings. The summed E-state index contributed by atoms with van der Waals surface area (Å²) in [5, 5.41) is 6.16. The van der Waals surface area contributed by atoms with Crippen LogP contribution in [0.1, 0.15) is 29.2 Å². The van der Waals surface area contributed by atoms with Gasteiger partial charge in [-0.25, -0.2) is 14.5 Å². The fourth-order valence-corrected chi connectivity index (χ4v) is 2.63. The predicted molar refractivity (Wildman–Crippen MR) is 98.1 cm³/mol. The third kappa shape index (κ3) is 4.47. The SMILES string of the molecule is Cc1nc2nc(C(F)(F)F)nn2c(C)c1CCC(=O)Nc1ccc(N)nc1.Cl. The Balaban J connectivity index is 0.00000280. The summed E-state index contributed by atoms with van der Waals surface area (Å²) in [6, 6.07) is 3.18. The Morgan fingerprint density at radius 2 is 1.96 bits per heavy atom. The van der Waals surface area contributed by atoms with Gasteiger partial charge in [-0.1, -0.05) is 0 Å². The molecule has 3 rings (SSSR count). The number of nitrogens with one attached hydrogen (secondary N) is 1. The number of amides is 1. The quantitative estimate of drug-likeness (QED) is 0.677. The number of alkyl halides is 3. The molecule has 0 saturated heterocycles. The number of carbonyl (C=O) groups excluding carboxylic acids is 1. The van der Waals surface area contributed by atoms with Crippen LogP contribution in [0.3, 0.4) is 0 Å². The van der Waals surface area contributed by atoms with Gasteiger partial charge in [0.25, 0.3) is 11.6 Å². The zero-order valence-electron chi connectivity index (χ0n) is 14.9. The van der Waals surface area contributed by atoms with Crippen LogP contribution < -0.4 is 11.1 Å². The lowest BCUT2D eigenvalue weighted by molar-refractivity contribution is -0.144. The van der Waals surface area contributed by atoms with Crippen molar-refractivity contribution in [1.29, 1.82) is 0 Å². The molecule has 0 unspecified atom stereocenters. The zero-order chi connectivity index (χ0) is 19.8. The van der Waals surface area contributed by atoms with Crippen molar-refractivity contribution >= 4 is 35.6 Å². The summed E-state index contributed by atoms with van der Waals surface area (Å²) in [6.07, 6.45) is -2.82. The molecule has 0 bridgehead atoms. The van der Waals surface area contributed by atoms with Crippen LogP contribution in [0.15, 0.2) is 18.3 Å². The van der Waals surface area contributed by atoms with Crippen LogP contribution in [-0.4, -0.2) is 30.5 Å². The fraction of sp³-hybridized carbons (Fsp3) is 0.312. The summed E-state index contributed by atoms with van der Waals surface area (Å²) in [6.45, 7) is 3.28. The van der Waals surface area contributed by atoms with E-state index in [2.05, 4.69) is 25.4 Å². The van der Waals surface area contributed by atoms with Crippen molar-refractivity contribution in [2.75, 3.05) is 11.1 Å². The summed E-state index contributed by atoms with van der Waals surface area (Å²) in [5.74, 6) is -1.30. The van der Waals surface area contributed by atoms with E-state index in [0.29, 0.717) is 28.5 Å². The number of aryl methyl sites for hydroxylation is 2. The first-order chi connectivity index (χ1) is 12.6. The molecule has 1 amide bonds. The molecule has 0 aliphatic carbocycles. The van der Waals surface area contributed by atoms with Crippen LogP contribution in [0, 0.1) is 13.8 Å². The van der Waals surface area contributed by atoms with E-state index < -0.39 is 12.0 Å². The largest absolute Gasteiger partial charge is 0.453 e. The molecule has 0 fully saturated rings. The molecule has 12 heteroatoms. The number of nitrogens with zero attached hydrogens (tertiary/aromatic N) is 5. The van der Waals surface area contributed by atoms with Gasteiger partial charge in [0.2, 0.25) is 5.91 Å². The normalized spacial score (nSPS) is 11.3. The van der Waals surface area contributed by atoms with Gasteiger partial charge in [-0.05, 0) is 38.0 Å². The Morgan fingerprint density at radius 3 is 2.57 bits per heavy atom. The average Bonchev–Trinajstić information content (AvgIpc) is 3.01. The van der Waals surface area contributed by atoms with Crippen molar-refractivity contribution in [2.24, 2.45) is 0 Å². The van der Waals surface area contributed by atoms with Crippen molar-refractivity contribution in [3.8, 4) is 0 Å². The average molecular weight is 416 g/mol. The lowest BCUT2D eigenvalue weighted by Gasteiger charge is -2.10. The molecule has 0 spiro atoms. The van der Waals surface area contributed by atoms with Gasteiger partial charge in [-0.3, -0.25) is 4.79 Å². The second kappa shape index (κ2) is 7.97. The number of aromatic nitrogens is 5. The molecule has 3 aromatic rings. The van der Waals surface area contributed by atoms with Gasteiger partial charge in [0, 0.05) is 17.8 Å². The van der Waals surface area contributed by atoms with Crippen LogP contribution >= 0.6 is 12.4 Å². The fourth-order valence-electron chi connectivity index (χ4n) is 2.63. The van der Waals surface area contributed by atoms with E-state index in [1.807, 2.05) is 0 Å². The minimum Gasteiger partial charge on any atom is -0.384 e. The zero-order valence-corrected chi connectivity index (χ0v) is 15.7. The summed E-state index contributed by atoms with van der Waals surface area (Å²) in [5.41, 5.74) is 7.60. The van der Waals surface area contributed by atoms with Gasteiger partial charge in [0.05, 0.1) is 11.9 Å². The van der Waals surface area contributed by atoms with Crippen LogP contribution in [0.5, 0.6) is 0 Å². The van der Waals surface area contributed by atoms with E-state index in [-0.39, 0.29) is 36.9 Å². The number of fused-ring (bicyclic) bond motifs is 1. The van der Waals surface area contributed by atoms with Crippen LogP contribution in [0.25, 0.3) is 5.78 Å². The lowest BCUT2D eigenvalue weighted by Crippen LogP contribution is -2.14. The second-order valence-electron chi connectivity index (χ2n) is 5.93. The summed E-state index contributed by atoms with van der Waals surface area (Å²) < 4.78 is 39.5. The maximum absolute atomic E-state index is 12.8. The number of pyridine rings is 1. The molecule has 0 aromatic carbocycles. The standard InChI is InChI=1S/C16H16F3N7O.ClH/c1-8-11(4-6-13(27)23-10-3-5-12(20)21-7-10)9(2)26-15(22-8)24-14(25-26)16(17,18)19;/h3,5,7H,4,6H2,1-2H3,(H2,20,21)(H,23,27);1H. The number of nitrogens with two attached hydrogens (primary N) is 1. The van der Waals surface area contributed by atoms with Crippen molar-refractivity contribution in [2.45, 2.75) is 32.9 Å². The van der Waals surface area contributed by atoms with Crippen molar-refractivity contribution < 1.29 is 18.0 Å². The van der Waals surface area contributed by atoms with Crippen LogP contribution in [-0.2, 0) is 17.4 Å². The van der Waals surface area contributed by atoms with Crippen LogP contribution in [0.4, 0.5) is 24.7 Å². The highest BCUT2D eigenvalue weighted by molar-refractivity contribution is 5.90. The smallest absolute Gasteiger partial charge is 0.384 e. The number of rotatable bonds is 4. The Hall–Kier alpha value is -2.95. The van der Waals surface area contributed by atoms with Gasteiger partial charge in [0.15, 0.2) is 0 Å². The molecule has 0 radical (unpaired) electrons. The lowest BCUT2D eigenvalue weighted by atomic mass is 10.1. The number of anilines is 2. The van der Waals surface area contributed by atoms with Gasteiger partial charge in [0.1, 0.15) is 5.82 Å². The number of nitrogen functional groups attached to an aromatic ring is 1. The predicted octanol–water partition coefficient (Wildman–Crippen LogP) is 2.73. The maximum Gasteiger partial charge on any atom is 0.453 e. The molecular formula is C16H17ClF3N7O. The molecule has 3 aromatic heterocycles. The molecule has 3 heterocycles. The Morgan fingerprint density at radius 1 is 1.25 bits per heavy atom. The first kappa shape index (κ1) is 21.4. The molecule has 28 heavy (non-hydrogen) atoms.